The van der Waals surface area contributed by atoms with E-state index < -0.39 is 25.9 Å². The van der Waals surface area contributed by atoms with Crippen LogP contribution in [0.1, 0.15) is 5.56 Å². The highest BCUT2D eigenvalue weighted by Gasteiger charge is 2.27. The van der Waals surface area contributed by atoms with Crippen LogP contribution in [0.2, 0.25) is 0 Å². The molecular formula is C21H21FN2O4S2. The van der Waals surface area contributed by atoms with Gasteiger partial charge in [-0.25, -0.2) is 21.2 Å². The predicted octanol–water partition coefficient (Wildman–Crippen LogP) is 3.78. The second-order valence-corrected chi connectivity index (χ2v) is 10.6. The molecule has 0 aliphatic heterocycles. The Labute approximate surface area is 176 Å². The van der Waals surface area contributed by atoms with Gasteiger partial charge < -0.3 is 0 Å². The quantitative estimate of drug-likeness (QED) is 0.575. The van der Waals surface area contributed by atoms with Crippen molar-refractivity contribution in [3.63, 3.8) is 0 Å². The normalized spacial score (nSPS) is 11.9. The molecule has 3 rings (SSSR count). The van der Waals surface area contributed by atoms with Crippen molar-refractivity contribution < 1.29 is 21.2 Å². The van der Waals surface area contributed by atoms with Crippen molar-refractivity contribution in [2.45, 2.75) is 16.7 Å². The molecule has 0 spiro atoms. The summed E-state index contributed by atoms with van der Waals surface area (Å²) in [7, 11) is -5.37. The molecule has 0 fully saturated rings. The van der Waals surface area contributed by atoms with Gasteiger partial charge in [0.05, 0.1) is 21.2 Å². The molecule has 0 radical (unpaired) electrons. The number of hydrogen-bond donors (Lipinski definition) is 0. The number of benzene rings is 3. The van der Waals surface area contributed by atoms with Gasteiger partial charge in [-0.05, 0) is 48.9 Å². The van der Waals surface area contributed by atoms with Crippen LogP contribution in [0.5, 0.6) is 0 Å². The molecule has 30 heavy (non-hydrogen) atoms. The number of rotatable bonds is 6. The van der Waals surface area contributed by atoms with Crippen LogP contribution in [-0.2, 0) is 20.0 Å². The van der Waals surface area contributed by atoms with Gasteiger partial charge in [0.2, 0.25) is 0 Å². The average molecular weight is 449 g/mol. The first kappa shape index (κ1) is 21.8. The first-order valence-corrected chi connectivity index (χ1v) is 11.8. The summed E-state index contributed by atoms with van der Waals surface area (Å²) in [5, 5.41) is 0. The zero-order valence-corrected chi connectivity index (χ0v) is 18.3. The molecule has 0 aromatic heterocycles. The van der Waals surface area contributed by atoms with Crippen LogP contribution in [0.3, 0.4) is 0 Å². The minimum Gasteiger partial charge on any atom is -0.269 e. The zero-order valence-electron chi connectivity index (χ0n) is 16.7. The molecule has 3 aromatic rings. The van der Waals surface area contributed by atoms with E-state index in [9.17, 15) is 21.2 Å². The molecule has 6 nitrogen and oxygen atoms in total. The summed E-state index contributed by atoms with van der Waals surface area (Å²) < 4.78 is 68.3. The van der Waals surface area contributed by atoms with E-state index in [-0.39, 0.29) is 21.2 Å². The lowest BCUT2D eigenvalue weighted by atomic mass is 10.1. The van der Waals surface area contributed by atoms with Crippen molar-refractivity contribution in [1.29, 1.82) is 0 Å². The van der Waals surface area contributed by atoms with Gasteiger partial charge in [0.25, 0.3) is 20.0 Å². The third-order valence-electron chi connectivity index (χ3n) is 4.75. The minimum atomic E-state index is -4.03. The number of nitrogens with zero attached hydrogens (tertiary/aromatic N) is 2. The van der Waals surface area contributed by atoms with E-state index in [1.807, 2.05) is 0 Å². The molecule has 0 unspecified atom stereocenters. The topological polar surface area (TPSA) is 74.8 Å². The molecule has 3 aromatic carbocycles. The van der Waals surface area contributed by atoms with Gasteiger partial charge in [0, 0.05) is 14.1 Å². The Morgan fingerprint density at radius 3 is 1.50 bits per heavy atom. The van der Waals surface area contributed by atoms with Crippen LogP contribution < -0.4 is 8.61 Å². The summed E-state index contributed by atoms with van der Waals surface area (Å²) in [6, 6.07) is 17.8. The highest BCUT2D eigenvalue weighted by atomic mass is 32.2. The SMILES string of the molecule is Cc1cc(F)c(N(C)S(=O)(=O)c2ccccc2)cc1N(C)S(=O)(=O)c1ccccc1. The first-order chi connectivity index (χ1) is 14.1. The van der Waals surface area contributed by atoms with Crippen molar-refractivity contribution in [1.82, 2.24) is 0 Å². The summed E-state index contributed by atoms with van der Waals surface area (Å²) in [5.41, 5.74) is 0.267. The number of halogens is 1. The number of hydrogen-bond acceptors (Lipinski definition) is 4. The first-order valence-electron chi connectivity index (χ1n) is 8.95. The lowest BCUT2D eigenvalue weighted by Crippen LogP contribution is -2.30. The molecule has 0 atom stereocenters. The van der Waals surface area contributed by atoms with Gasteiger partial charge in [0.1, 0.15) is 5.82 Å². The minimum absolute atomic E-state index is 0.000660. The van der Waals surface area contributed by atoms with Crippen molar-refractivity contribution in [2.75, 3.05) is 22.7 Å². The zero-order chi connectivity index (χ0) is 22.1. The van der Waals surface area contributed by atoms with Crippen LogP contribution in [-0.4, -0.2) is 30.9 Å². The molecule has 0 amide bonds. The fraction of sp³-hybridized carbons (Fsp3) is 0.143. The molecule has 0 bridgehead atoms. The van der Waals surface area contributed by atoms with E-state index in [4.69, 9.17) is 0 Å². The van der Waals surface area contributed by atoms with Gasteiger partial charge in [-0.2, -0.15) is 0 Å². The van der Waals surface area contributed by atoms with E-state index in [1.54, 1.807) is 43.3 Å². The number of aryl methyl sites for hydroxylation is 1. The summed E-state index contributed by atoms with van der Waals surface area (Å²) in [5.74, 6) is -0.774. The van der Waals surface area contributed by atoms with E-state index >= 15 is 0 Å². The lowest BCUT2D eigenvalue weighted by molar-refractivity contribution is 0.589. The van der Waals surface area contributed by atoms with Crippen molar-refractivity contribution in [3.8, 4) is 0 Å². The Bertz CT molecular complexity index is 1170. The molecule has 0 aliphatic carbocycles. The highest BCUT2D eigenvalue weighted by molar-refractivity contribution is 7.93. The van der Waals surface area contributed by atoms with E-state index in [1.165, 1.54) is 44.4 Å². The van der Waals surface area contributed by atoms with Crippen LogP contribution >= 0.6 is 0 Å². The van der Waals surface area contributed by atoms with Crippen molar-refractivity contribution >= 4 is 31.4 Å². The van der Waals surface area contributed by atoms with E-state index in [0.29, 0.717) is 5.56 Å². The fourth-order valence-corrected chi connectivity index (χ4v) is 5.48. The largest absolute Gasteiger partial charge is 0.269 e. The monoisotopic (exact) mass is 448 g/mol. The Morgan fingerprint density at radius 1 is 0.667 bits per heavy atom. The summed E-state index contributed by atoms with van der Waals surface area (Å²) in [6.07, 6.45) is 0. The Balaban J connectivity index is 2.09. The molecule has 9 heteroatoms. The summed E-state index contributed by atoms with van der Waals surface area (Å²) >= 11 is 0. The standard InChI is InChI=1S/C21H21FN2O4S2/c1-16-14-19(22)21(24(3)30(27,28)18-12-8-5-9-13-18)15-20(16)23(2)29(25,26)17-10-6-4-7-11-17/h4-15H,1-3H3. The molecule has 0 saturated heterocycles. The molecule has 0 aliphatic rings. The predicted molar refractivity (Wildman–Crippen MR) is 115 cm³/mol. The smallest absolute Gasteiger partial charge is 0.264 e. The molecule has 0 saturated carbocycles. The van der Waals surface area contributed by atoms with Crippen molar-refractivity contribution in [2.24, 2.45) is 0 Å². The Hall–Kier alpha value is -2.91. The number of sulfonamides is 2. The van der Waals surface area contributed by atoms with Crippen molar-refractivity contribution in [3.05, 3.63) is 84.2 Å². The van der Waals surface area contributed by atoms with Crippen LogP contribution in [0.15, 0.2) is 82.6 Å². The third kappa shape index (κ3) is 3.90. The third-order valence-corrected chi connectivity index (χ3v) is 8.32. The van der Waals surface area contributed by atoms with Gasteiger partial charge in [-0.1, -0.05) is 36.4 Å². The van der Waals surface area contributed by atoms with E-state index in [0.717, 1.165) is 14.7 Å². The lowest BCUT2D eigenvalue weighted by Gasteiger charge is -2.25. The Kier molecular flexibility index (Phi) is 5.87. The van der Waals surface area contributed by atoms with Gasteiger partial charge in [-0.3, -0.25) is 8.61 Å². The second-order valence-electron chi connectivity index (χ2n) is 6.66. The van der Waals surface area contributed by atoms with Crippen LogP contribution in [0.4, 0.5) is 15.8 Å². The number of anilines is 2. The molecule has 0 heterocycles. The summed E-state index contributed by atoms with van der Waals surface area (Å²) in [4.78, 5) is 0.0716. The van der Waals surface area contributed by atoms with Gasteiger partial charge in [-0.15, -0.1) is 0 Å². The van der Waals surface area contributed by atoms with Crippen LogP contribution in [0, 0.1) is 12.7 Å². The van der Waals surface area contributed by atoms with E-state index in [2.05, 4.69) is 0 Å². The Morgan fingerprint density at radius 2 is 1.07 bits per heavy atom. The maximum absolute atomic E-state index is 14.7. The molecule has 158 valence electrons. The maximum Gasteiger partial charge on any atom is 0.264 e. The fourth-order valence-electron chi connectivity index (χ4n) is 2.99. The summed E-state index contributed by atoms with van der Waals surface area (Å²) in [6.45, 7) is 1.56. The second kappa shape index (κ2) is 8.08. The van der Waals surface area contributed by atoms with Crippen LogP contribution in [0.25, 0.3) is 0 Å². The molecular weight excluding hydrogens is 427 g/mol. The van der Waals surface area contributed by atoms with Gasteiger partial charge >= 0.3 is 0 Å². The highest BCUT2D eigenvalue weighted by Crippen LogP contribution is 2.33. The maximum atomic E-state index is 14.7. The molecule has 0 N–H and O–H groups in total. The average Bonchev–Trinajstić information content (AvgIpc) is 2.74. The van der Waals surface area contributed by atoms with Gasteiger partial charge in [0.15, 0.2) is 0 Å².